The van der Waals surface area contributed by atoms with Gasteiger partial charge in [0.25, 0.3) is 11.8 Å². The van der Waals surface area contributed by atoms with Gasteiger partial charge in [-0.2, -0.15) is 0 Å². The third-order valence-electron chi connectivity index (χ3n) is 4.97. The van der Waals surface area contributed by atoms with Crippen LogP contribution in [0.1, 0.15) is 13.3 Å². The molecule has 186 valence electrons. The van der Waals surface area contributed by atoms with Gasteiger partial charge in [-0.1, -0.05) is 41.9 Å². The van der Waals surface area contributed by atoms with Crippen LogP contribution in [0, 0.1) is 5.82 Å². The van der Waals surface area contributed by atoms with Crippen molar-refractivity contribution in [3.05, 3.63) is 76.7 Å². The van der Waals surface area contributed by atoms with Gasteiger partial charge >= 0.3 is 0 Å². The van der Waals surface area contributed by atoms with Crippen molar-refractivity contribution in [1.82, 2.24) is 10.6 Å². The zero-order valence-electron chi connectivity index (χ0n) is 19.2. The topological polar surface area (TPSA) is 79.9 Å². The summed E-state index contributed by atoms with van der Waals surface area (Å²) in [6.07, 6.45) is -0.416. The molecule has 1 aliphatic heterocycles. The molecule has 0 unspecified atom stereocenters. The molecule has 0 spiro atoms. The van der Waals surface area contributed by atoms with Gasteiger partial charge < -0.3 is 25.0 Å². The van der Waals surface area contributed by atoms with Crippen LogP contribution < -0.4 is 25.0 Å². The van der Waals surface area contributed by atoms with E-state index in [-0.39, 0.29) is 29.8 Å². The average molecular weight is 522 g/mol. The van der Waals surface area contributed by atoms with Crippen LogP contribution in [0.25, 0.3) is 0 Å². The minimum absolute atomic E-state index is 0.0343. The summed E-state index contributed by atoms with van der Waals surface area (Å²) in [5.41, 5.74) is 2.15. The number of carbonyl (C=O) groups is 2. The fourth-order valence-corrected chi connectivity index (χ4v) is 3.68. The Hall–Kier alpha value is -3.23. The van der Waals surface area contributed by atoms with Crippen LogP contribution in [-0.2, 0) is 9.59 Å². The number of ether oxygens (including phenoxy) is 2. The largest absolute Gasteiger partial charge is 0.484 e. The summed E-state index contributed by atoms with van der Waals surface area (Å²) in [5.74, 6) is -0.638. The number of carbonyl (C=O) groups excluding carboxylic acids is 2. The molecular formula is C25H26Cl2FN3O4. The molecule has 10 heteroatoms. The highest BCUT2D eigenvalue weighted by molar-refractivity contribution is 6.31. The fourth-order valence-electron chi connectivity index (χ4n) is 3.40. The first-order chi connectivity index (χ1) is 16.6. The second kappa shape index (κ2) is 12.0. The molecule has 3 rings (SSSR count). The van der Waals surface area contributed by atoms with Crippen LogP contribution in [0.4, 0.5) is 10.1 Å². The first kappa shape index (κ1) is 26.4. The van der Waals surface area contributed by atoms with E-state index in [1.807, 2.05) is 11.8 Å². The number of fused-ring (bicyclic) bond motifs is 1. The maximum absolute atomic E-state index is 13.4. The van der Waals surface area contributed by atoms with Gasteiger partial charge in [0.1, 0.15) is 17.3 Å². The molecular weight excluding hydrogens is 496 g/mol. The SMILES string of the molecule is C=C(C)CN1C[C@@H](C(=O)NCCC(=C)NC(=O)COc2ccc(Cl)c(F)c2)Oc2ccc(Cl)cc21. The molecule has 0 radical (unpaired) electrons. The molecule has 7 nitrogen and oxygen atoms in total. The van der Waals surface area contributed by atoms with Crippen LogP contribution in [0.15, 0.2) is 60.8 Å². The molecule has 2 N–H and O–H groups in total. The van der Waals surface area contributed by atoms with Gasteiger partial charge in [0.05, 0.1) is 17.3 Å². The van der Waals surface area contributed by atoms with Crippen molar-refractivity contribution >= 4 is 40.7 Å². The van der Waals surface area contributed by atoms with Crippen molar-refractivity contribution in [1.29, 1.82) is 0 Å². The number of benzene rings is 2. The summed E-state index contributed by atoms with van der Waals surface area (Å²) in [6, 6.07) is 9.14. The maximum Gasteiger partial charge on any atom is 0.262 e. The molecule has 2 aromatic rings. The highest BCUT2D eigenvalue weighted by atomic mass is 35.5. The number of hydrogen-bond acceptors (Lipinski definition) is 5. The molecule has 0 aliphatic carbocycles. The zero-order valence-corrected chi connectivity index (χ0v) is 20.7. The van der Waals surface area contributed by atoms with Crippen molar-refractivity contribution in [2.45, 2.75) is 19.4 Å². The lowest BCUT2D eigenvalue weighted by Gasteiger charge is -2.36. The Balaban J connectivity index is 1.44. The van der Waals surface area contributed by atoms with Crippen molar-refractivity contribution in [2.75, 3.05) is 31.1 Å². The summed E-state index contributed by atoms with van der Waals surface area (Å²) in [6.45, 7) is 10.5. The lowest BCUT2D eigenvalue weighted by molar-refractivity contribution is -0.127. The Labute approximate surface area is 213 Å². The van der Waals surface area contributed by atoms with Crippen LogP contribution in [0.3, 0.4) is 0 Å². The Morgan fingerprint density at radius 3 is 2.71 bits per heavy atom. The Morgan fingerprint density at radius 1 is 1.23 bits per heavy atom. The van der Waals surface area contributed by atoms with Crippen molar-refractivity contribution < 1.29 is 23.5 Å². The Morgan fingerprint density at radius 2 is 2.00 bits per heavy atom. The van der Waals surface area contributed by atoms with E-state index in [0.717, 1.165) is 17.3 Å². The van der Waals surface area contributed by atoms with E-state index in [0.29, 0.717) is 36.0 Å². The number of nitrogens with zero attached hydrogens (tertiary/aromatic N) is 1. The number of amides is 2. The summed E-state index contributed by atoms with van der Waals surface area (Å²) < 4.78 is 24.6. The third-order valence-corrected chi connectivity index (χ3v) is 5.52. The molecule has 0 fully saturated rings. The number of halogens is 3. The fraction of sp³-hybridized carbons (Fsp3) is 0.280. The van der Waals surface area contributed by atoms with Crippen LogP contribution in [-0.4, -0.2) is 44.2 Å². The van der Waals surface area contributed by atoms with Gasteiger partial charge in [-0.15, -0.1) is 0 Å². The lowest BCUT2D eigenvalue weighted by atomic mass is 10.1. The standard InChI is InChI=1S/C25H26Cl2FN3O4/c1-15(2)12-31-13-23(35-22-7-4-17(26)10-21(22)31)25(33)29-9-8-16(3)30-24(32)14-34-18-5-6-19(27)20(28)11-18/h4-7,10-11,23H,1,3,8-9,12-14H2,2H3,(H,29,33)(H,30,32)/t23-/m0/s1. The van der Waals surface area contributed by atoms with E-state index < -0.39 is 17.8 Å². The molecule has 0 saturated heterocycles. The Kier molecular flexibility index (Phi) is 9.01. The minimum Gasteiger partial charge on any atom is -0.484 e. The van der Waals surface area contributed by atoms with Gasteiger partial charge in [0.2, 0.25) is 0 Å². The molecule has 0 saturated carbocycles. The van der Waals surface area contributed by atoms with Gasteiger partial charge in [-0.05, 0) is 37.3 Å². The molecule has 2 amide bonds. The average Bonchev–Trinajstić information content (AvgIpc) is 2.79. The van der Waals surface area contributed by atoms with E-state index in [9.17, 15) is 14.0 Å². The van der Waals surface area contributed by atoms with Gasteiger partial charge in [-0.25, -0.2) is 4.39 Å². The maximum atomic E-state index is 13.4. The monoisotopic (exact) mass is 521 g/mol. The summed E-state index contributed by atoms with van der Waals surface area (Å²) in [4.78, 5) is 26.8. The quantitative estimate of drug-likeness (QED) is 0.450. The van der Waals surface area contributed by atoms with E-state index in [4.69, 9.17) is 32.7 Å². The van der Waals surface area contributed by atoms with E-state index >= 15 is 0 Å². The lowest BCUT2D eigenvalue weighted by Crippen LogP contribution is -2.49. The van der Waals surface area contributed by atoms with E-state index in [2.05, 4.69) is 23.8 Å². The highest BCUT2D eigenvalue weighted by Gasteiger charge is 2.30. The molecule has 0 aromatic heterocycles. The number of rotatable bonds is 10. The molecule has 2 aromatic carbocycles. The second-order valence-electron chi connectivity index (χ2n) is 8.11. The highest BCUT2D eigenvalue weighted by Crippen LogP contribution is 2.36. The number of hydrogen-bond donors (Lipinski definition) is 2. The normalized spacial score (nSPS) is 14.4. The molecule has 1 aliphatic rings. The van der Waals surface area contributed by atoms with Crippen molar-refractivity contribution in [3.8, 4) is 11.5 Å². The number of nitrogens with one attached hydrogen (secondary N) is 2. The van der Waals surface area contributed by atoms with Crippen LogP contribution in [0.5, 0.6) is 11.5 Å². The Bertz CT molecular complexity index is 1140. The summed E-state index contributed by atoms with van der Waals surface area (Å²) in [7, 11) is 0. The van der Waals surface area contributed by atoms with Gasteiger partial charge in [0.15, 0.2) is 12.7 Å². The van der Waals surface area contributed by atoms with Crippen LogP contribution in [0.2, 0.25) is 10.0 Å². The smallest absolute Gasteiger partial charge is 0.262 e. The van der Waals surface area contributed by atoms with Crippen molar-refractivity contribution in [3.63, 3.8) is 0 Å². The molecule has 1 atom stereocenters. The van der Waals surface area contributed by atoms with Gasteiger partial charge in [-0.3, -0.25) is 9.59 Å². The summed E-state index contributed by atoms with van der Waals surface area (Å²) >= 11 is 11.7. The first-order valence-corrected chi connectivity index (χ1v) is 11.6. The third kappa shape index (κ3) is 7.63. The van der Waals surface area contributed by atoms with Crippen molar-refractivity contribution in [2.24, 2.45) is 0 Å². The molecule has 1 heterocycles. The predicted molar refractivity (Wildman–Crippen MR) is 135 cm³/mol. The summed E-state index contributed by atoms with van der Waals surface area (Å²) in [5, 5.41) is 5.93. The predicted octanol–water partition coefficient (Wildman–Crippen LogP) is 4.49. The minimum atomic E-state index is -0.723. The van der Waals surface area contributed by atoms with Crippen LogP contribution >= 0.6 is 23.2 Å². The molecule has 35 heavy (non-hydrogen) atoms. The first-order valence-electron chi connectivity index (χ1n) is 10.8. The number of anilines is 1. The van der Waals surface area contributed by atoms with E-state index in [1.54, 1.807) is 18.2 Å². The molecule has 0 bridgehead atoms. The zero-order chi connectivity index (χ0) is 25.5. The van der Waals surface area contributed by atoms with Gasteiger partial charge in [0, 0.05) is 36.3 Å². The van der Waals surface area contributed by atoms with E-state index in [1.165, 1.54) is 12.1 Å². The second-order valence-corrected chi connectivity index (χ2v) is 8.96.